The lowest BCUT2D eigenvalue weighted by molar-refractivity contribution is 0.0174. The number of aromatic nitrogens is 2. The molecule has 1 aromatic heterocycles. The molecular weight excluding hydrogens is 412 g/mol. The van der Waals surface area contributed by atoms with Crippen LogP contribution in [0.5, 0.6) is 0 Å². The fraction of sp³-hybridized carbons (Fsp3) is 0.360. The van der Waals surface area contributed by atoms with E-state index in [1.165, 1.54) is 22.8 Å². The Balaban J connectivity index is 1.70. The molecule has 0 N–H and O–H groups in total. The zero-order valence-electron chi connectivity index (χ0n) is 18.4. The fourth-order valence-electron chi connectivity index (χ4n) is 4.38. The molecule has 2 aromatic carbocycles. The molecule has 0 saturated heterocycles. The molecule has 5 nitrogen and oxygen atoms in total. The molecular formula is C25H27F2N3O2. The molecule has 0 radical (unpaired) electrons. The van der Waals surface area contributed by atoms with Crippen molar-refractivity contribution < 1.29 is 8.78 Å². The Hall–Kier alpha value is -3.06. The van der Waals surface area contributed by atoms with Crippen LogP contribution in [0.2, 0.25) is 0 Å². The summed E-state index contributed by atoms with van der Waals surface area (Å²) in [7, 11) is 0. The van der Waals surface area contributed by atoms with Gasteiger partial charge < -0.3 is 0 Å². The topological polar surface area (TPSA) is 47.2 Å². The summed E-state index contributed by atoms with van der Waals surface area (Å²) in [4.78, 5) is 28.7. The number of halogens is 2. The summed E-state index contributed by atoms with van der Waals surface area (Å²) in [5, 5.41) is 0. The highest BCUT2D eigenvalue weighted by molar-refractivity contribution is 5.28. The van der Waals surface area contributed by atoms with Crippen LogP contribution in [0.1, 0.15) is 41.8 Å². The van der Waals surface area contributed by atoms with Crippen LogP contribution in [-0.2, 0) is 38.5 Å². The summed E-state index contributed by atoms with van der Waals surface area (Å²) in [6, 6.07) is 16.0. The predicted octanol–water partition coefficient (Wildman–Crippen LogP) is 3.75. The van der Waals surface area contributed by atoms with Crippen LogP contribution in [0.3, 0.4) is 0 Å². The highest BCUT2D eigenvalue weighted by Gasteiger charge is 2.26. The van der Waals surface area contributed by atoms with Gasteiger partial charge in [0.15, 0.2) is 0 Å². The van der Waals surface area contributed by atoms with Crippen molar-refractivity contribution in [3.63, 3.8) is 0 Å². The molecule has 32 heavy (non-hydrogen) atoms. The molecule has 1 aliphatic rings. The van der Waals surface area contributed by atoms with Gasteiger partial charge in [0.2, 0.25) is 0 Å². The number of hydrogen-bond donors (Lipinski definition) is 0. The van der Waals surface area contributed by atoms with Crippen LogP contribution in [0.15, 0.2) is 64.2 Å². The van der Waals surface area contributed by atoms with Crippen LogP contribution >= 0.6 is 0 Å². The first-order chi connectivity index (χ1) is 15.3. The third-order valence-corrected chi connectivity index (χ3v) is 6.03. The molecule has 0 saturated carbocycles. The minimum atomic E-state index is -2.99. The minimum absolute atomic E-state index is 0.0342. The highest BCUT2D eigenvalue weighted by Crippen LogP contribution is 2.27. The van der Waals surface area contributed by atoms with Crippen molar-refractivity contribution in [3.8, 4) is 0 Å². The molecule has 7 heteroatoms. The maximum atomic E-state index is 13.8. The Morgan fingerprint density at radius 2 is 1.66 bits per heavy atom. The summed E-state index contributed by atoms with van der Waals surface area (Å²) in [6.07, 6.45) is 0.624. The first kappa shape index (κ1) is 22.1. The largest absolute Gasteiger partial charge is 0.331 e. The first-order valence-electron chi connectivity index (χ1n) is 10.9. The molecule has 4 rings (SSSR count). The number of rotatable bonds is 6. The summed E-state index contributed by atoms with van der Waals surface area (Å²) in [6.45, 7) is 5.07. The lowest BCUT2D eigenvalue weighted by atomic mass is 10.0. The van der Waals surface area contributed by atoms with Crippen molar-refractivity contribution in [2.45, 2.75) is 52.4 Å². The molecule has 2 heterocycles. The average molecular weight is 440 g/mol. The normalized spacial score (nSPS) is 14.4. The molecule has 0 amide bonds. The minimum Gasteiger partial charge on any atom is -0.297 e. The summed E-state index contributed by atoms with van der Waals surface area (Å²) in [5.41, 5.74) is 2.22. The predicted molar refractivity (Wildman–Crippen MR) is 120 cm³/mol. The van der Waals surface area contributed by atoms with E-state index in [9.17, 15) is 18.4 Å². The van der Waals surface area contributed by atoms with Crippen molar-refractivity contribution in [1.82, 2.24) is 14.0 Å². The van der Waals surface area contributed by atoms with Crippen LogP contribution in [0, 0.1) is 0 Å². The molecule has 0 bridgehead atoms. The quantitative estimate of drug-likeness (QED) is 0.588. The molecule has 0 atom stereocenters. The van der Waals surface area contributed by atoms with Gasteiger partial charge in [0, 0.05) is 50.8 Å². The number of fused-ring (bicyclic) bond motifs is 1. The van der Waals surface area contributed by atoms with Crippen molar-refractivity contribution in [2.24, 2.45) is 0 Å². The summed E-state index contributed by atoms with van der Waals surface area (Å²) in [5.74, 6) is -2.99. The van der Waals surface area contributed by atoms with Crippen molar-refractivity contribution in [1.29, 1.82) is 0 Å². The van der Waals surface area contributed by atoms with E-state index >= 15 is 0 Å². The van der Waals surface area contributed by atoms with Gasteiger partial charge in [0.1, 0.15) is 0 Å². The van der Waals surface area contributed by atoms with E-state index in [1.807, 2.05) is 25.1 Å². The smallest absolute Gasteiger partial charge is 0.297 e. The zero-order chi connectivity index (χ0) is 22.9. The van der Waals surface area contributed by atoms with E-state index in [0.717, 1.165) is 31.3 Å². The van der Waals surface area contributed by atoms with Gasteiger partial charge in [0.25, 0.3) is 11.5 Å². The second-order valence-electron chi connectivity index (χ2n) is 8.38. The van der Waals surface area contributed by atoms with Crippen LogP contribution in [-0.4, -0.2) is 20.6 Å². The SMILES string of the molecule is CCn1c2c(c(=O)n(Cc3cccc(C(C)(F)F)c3)c1=O)CN(Cc1ccccc1)CC2. The van der Waals surface area contributed by atoms with Gasteiger partial charge in [-0.15, -0.1) is 0 Å². The number of hydrogen-bond acceptors (Lipinski definition) is 3. The maximum absolute atomic E-state index is 13.8. The van der Waals surface area contributed by atoms with E-state index in [1.54, 1.807) is 10.6 Å². The standard InChI is InChI=1S/C25H27F2N3O2/c1-3-29-22-12-13-28(15-18-8-5-4-6-9-18)17-21(22)23(31)30(24(29)32)16-19-10-7-11-20(14-19)25(2,26)27/h4-11,14H,3,12-13,15-17H2,1-2H3. The van der Waals surface area contributed by atoms with Gasteiger partial charge in [-0.2, -0.15) is 0 Å². The Labute approximate surface area is 185 Å². The molecule has 1 aliphatic heterocycles. The van der Waals surface area contributed by atoms with E-state index in [4.69, 9.17) is 0 Å². The van der Waals surface area contributed by atoms with Gasteiger partial charge in [0.05, 0.1) is 12.1 Å². The van der Waals surface area contributed by atoms with Crippen LogP contribution < -0.4 is 11.2 Å². The van der Waals surface area contributed by atoms with E-state index in [0.29, 0.717) is 30.6 Å². The Morgan fingerprint density at radius 3 is 2.34 bits per heavy atom. The zero-order valence-corrected chi connectivity index (χ0v) is 18.4. The number of alkyl halides is 2. The van der Waals surface area contributed by atoms with Crippen LogP contribution in [0.25, 0.3) is 0 Å². The van der Waals surface area contributed by atoms with Gasteiger partial charge >= 0.3 is 5.69 Å². The molecule has 0 aliphatic carbocycles. The Morgan fingerprint density at radius 1 is 0.938 bits per heavy atom. The number of nitrogens with zero attached hydrogens (tertiary/aromatic N) is 3. The number of benzene rings is 2. The van der Waals surface area contributed by atoms with Gasteiger partial charge in [-0.25, -0.2) is 13.6 Å². The van der Waals surface area contributed by atoms with E-state index < -0.39 is 5.92 Å². The first-order valence-corrected chi connectivity index (χ1v) is 10.9. The van der Waals surface area contributed by atoms with Crippen molar-refractivity contribution in [2.75, 3.05) is 6.54 Å². The monoisotopic (exact) mass is 439 g/mol. The van der Waals surface area contributed by atoms with Gasteiger partial charge in [-0.3, -0.25) is 18.8 Å². The Bertz CT molecular complexity index is 1230. The molecule has 0 unspecified atom stereocenters. The van der Waals surface area contributed by atoms with E-state index in [2.05, 4.69) is 17.0 Å². The molecule has 0 fully saturated rings. The fourth-order valence-corrected chi connectivity index (χ4v) is 4.38. The lowest BCUT2D eigenvalue weighted by Gasteiger charge is -2.30. The average Bonchev–Trinajstić information content (AvgIpc) is 2.78. The third kappa shape index (κ3) is 4.43. The Kier molecular flexibility index (Phi) is 6.11. The maximum Gasteiger partial charge on any atom is 0.331 e. The van der Waals surface area contributed by atoms with Gasteiger partial charge in [-0.1, -0.05) is 48.5 Å². The van der Waals surface area contributed by atoms with E-state index in [-0.39, 0.29) is 23.4 Å². The summed E-state index contributed by atoms with van der Waals surface area (Å²) < 4.78 is 30.3. The highest BCUT2D eigenvalue weighted by atomic mass is 19.3. The van der Waals surface area contributed by atoms with Gasteiger partial charge in [-0.05, 0) is 24.1 Å². The second-order valence-corrected chi connectivity index (χ2v) is 8.38. The van der Waals surface area contributed by atoms with Crippen molar-refractivity contribution in [3.05, 3.63) is 103 Å². The molecule has 168 valence electrons. The molecule has 3 aromatic rings. The molecule has 0 spiro atoms. The van der Waals surface area contributed by atoms with Crippen LogP contribution in [0.4, 0.5) is 8.78 Å². The summed E-state index contributed by atoms with van der Waals surface area (Å²) >= 11 is 0. The third-order valence-electron chi connectivity index (χ3n) is 6.03. The second kappa shape index (κ2) is 8.82. The lowest BCUT2D eigenvalue weighted by Crippen LogP contribution is -2.47. The van der Waals surface area contributed by atoms with Crippen molar-refractivity contribution >= 4 is 0 Å².